The number of carbonyl (C=O) groups is 2. The Morgan fingerprint density at radius 3 is 2.24 bits per heavy atom. The summed E-state index contributed by atoms with van der Waals surface area (Å²) in [5.74, 6) is -0.347. The van der Waals surface area contributed by atoms with E-state index in [9.17, 15) is 22.8 Å². The molecule has 0 aromatic carbocycles. The average Bonchev–Trinajstić information content (AvgIpc) is 3.44. The molecule has 0 radical (unpaired) electrons. The van der Waals surface area contributed by atoms with Crippen LogP contribution in [0.15, 0.2) is 0 Å². The molecule has 1 atom stereocenters. The number of nitrogens with one attached hydrogen (secondary N) is 1. The second-order valence-corrected chi connectivity index (χ2v) is 7.50. The Bertz CT molecular complexity index is 500. The lowest BCUT2D eigenvalue weighted by atomic mass is 9.93. The number of hydrogen-bond donors (Lipinski definition) is 1. The van der Waals surface area contributed by atoms with Crippen LogP contribution in [0.3, 0.4) is 0 Å². The fourth-order valence-corrected chi connectivity index (χ4v) is 3.92. The molecular formula is C17H26F3N3O2. The van der Waals surface area contributed by atoms with Crippen molar-refractivity contribution in [2.45, 2.75) is 50.7 Å². The highest BCUT2D eigenvalue weighted by Crippen LogP contribution is 2.32. The Labute approximate surface area is 145 Å². The van der Waals surface area contributed by atoms with Crippen LogP contribution in [-0.4, -0.2) is 66.6 Å². The molecule has 2 amide bonds. The van der Waals surface area contributed by atoms with Crippen molar-refractivity contribution >= 4 is 11.8 Å². The monoisotopic (exact) mass is 361 g/mol. The fourth-order valence-electron chi connectivity index (χ4n) is 3.92. The molecular weight excluding hydrogens is 335 g/mol. The number of halogens is 3. The molecule has 0 unspecified atom stereocenters. The van der Waals surface area contributed by atoms with Gasteiger partial charge in [0.1, 0.15) is 6.54 Å². The summed E-state index contributed by atoms with van der Waals surface area (Å²) in [5.41, 5.74) is 0. The van der Waals surface area contributed by atoms with Crippen LogP contribution < -0.4 is 5.32 Å². The highest BCUT2D eigenvalue weighted by Gasteiger charge is 2.37. The second-order valence-electron chi connectivity index (χ2n) is 7.50. The van der Waals surface area contributed by atoms with E-state index in [1.165, 1.54) is 0 Å². The van der Waals surface area contributed by atoms with Crippen LogP contribution in [0, 0.1) is 11.8 Å². The molecule has 3 rings (SSSR count). The summed E-state index contributed by atoms with van der Waals surface area (Å²) >= 11 is 0. The van der Waals surface area contributed by atoms with E-state index in [0.29, 0.717) is 19.0 Å². The molecule has 142 valence electrons. The molecule has 3 aliphatic rings. The van der Waals surface area contributed by atoms with Crippen LogP contribution in [0.5, 0.6) is 0 Å². The Balaban J connectivity index is 1.45. The van der Waals surface area contributed by atoms with Gasteiger partial charge in [-0.25, -0.2) is 0 Å². The molecule has 0 aromatic heterocycles. The third-order valence-electron chi connectivity index (χ3n) is 5.51. The van der Waals surface area contributed by atoms with Crippen molar-refractivity contribution in [3.8, 4) is 0 Å². The third kappa shape index (κ3) is 5.09. The summed E-state index contributed by atoms with van der Waals surface area (Å²) in [6, 6.07) is 0.321. The predicted molar refractivity (Wildman–Crippen MR) is 85.7 cm³/mol. The molecule has 0 spiro atoms. The Morgan fingerprint density at radius 2 is 1.64 bits per heavy atom. The second kappa shape index (κ2) is 7.51. The summed E-state index contributed by atoms with van der Waals surface area (Å²) in [7, 11) is 0. The maximum absolute atomic E-state index is 12.3. The van der Waals surface area contributed by atoms with Crippen LogP contribution in [0.1, 0.15) is 38.5 Å². The molecule has 0 bridgehead atoms. The average molecular weight is 361 g/mol. The van der Waals surface area contributed by atoms with Crippen LogP contribution in [0.4, 0.5) is 13.2 Å². The summed E-state index contributed by atoms with van der Waals surface area (Å²) in [5, 5.41) is 2.01. The normalized spacial score (nSPS) is 26.5. The minimum absolute atomic E-state index is 0.244. The number of carbonyl (C=O) groups excluding carboxylic acids is 2. The van der Waals surface area contributed by atoms with Crippen LogP contribution in [-0.2, 0) is 9.59 Å². The molecule has 5 nitrogen and oxygen atoms in total. The number of rotatable bonds is 4. The molecule has 2 heterocycles. The highest BCUT2D eigenvalue weighted by atomic mass is 19.4. The summed E-state index contributed by atoms with van der Waals surface area (Å²) in [4.78, 5) is 28.3. The lowest BCUT2D eigenvalue weighted by molar-refractivity contribution is -0.142. The van der Waals surface area contributed by atoms with E-state index >= 15 is 0 Å². The van der Waals surface area contributed by atoms with Gasteiger partial charge in [-0.15, -0.1) is 0 Å². The number of nitrogens with zero attached hydrogens (tertiary/aromatic N) is 2. The number of amides is 2. The first-order chi connectivity index (χ1) is 11.8. The van der Waals surface area contributed by atoms with Gasteiger partial charge >= 0.3 is 6.18 Å². The molecule has 25 heavy (non-hydrogen) atoms. The summed E-state index contributed by atoms with van der Waals surface area (Å²) in [6.45, 7) is 1.64. The van der Waals surface area contributed by atoms with Crippen molar-refractivity contribution in [1.29, 1.82) is 0 Å². The molecule has 2 saturated heterocycles. The summed E-state index contributed by atoms with van der Waals surface area (Å²) < 4.78 is 36.8. The Morgan fingerprint density at radius 1 is 0.960 bits per heavy atom. The van der Waals surface area contributed by atoms with E-state index in [-0.39, 0.29) is 17.7 Å². The number of hydrogen-bond acceptors (Lipinski definition) is 3. The SMILES string of the molecule is O=C(NCC(F)(F)F)[C@@H]1CCCN(C2CCN(C(=O)C3CC3)CC2)C1. The quantitative estimate of drug-likeness (QED) is 0.831. The van der Waals surface area contributed by atoms with Gasteiger partial charge in [0.05, 0.1) is 5.92 Å². The van der Waals surface area contributed by atoms with Gasteiger partial charge in [0.2, 0.25) is 11.8 Å². The smallest absolute Gasteiger partial charge is 0.347 e. The zero-order valence-corrected chi connectivity index (χ0v) is 14.4. The van der Waals surface area contributed by atoms with Gasteiger partial charge in [-0.05, 0) is 45.1 Å². The fraction of sp³-hybridized carbons (Fsp3) is 0.882. The van der Waals surface area contributed by atoms with Gasteiger partial charge in [0.15, 0.2) is 0 Å². The highest BCUT2D eigenvalue weighted by molar-refractivity contribution is 5.81. The molecule has 1 N–H and O–H groups in total. The maximum atomic E-state index is 12.3. The minimum atomic E-state index is -4.37. The molecule has 8 heteroatoms. The van der Waals surface area contributed by atoms with E-state index in [4.69, 9.17) is 0 Å². The van der Waals surface area contributed by atoms with Crippen LogP contribution in [0.25, 0.3) is 0 Å². The van der Waals surface area contributed by atoms with Crippen LogP contribution >= 0.6 is 0 Å². The first-order valence-corrected chi connectivity index (χ1v) is 9.21. The number of piperidine rings is 2. The first-order valence-electron chi connectivity index (χ1n) is 9.21. The maximum Gasteiger partial charge on any atom is 0.405 e. The van der Waals surface area contributed by atoms with E-state index < -0.39 is 18.6 Å². The van der Waals surface area contributed by atoms with Crippen LogP contribution in [0.2, 0.25) is 0 Å². The van der Waals surface area contributed by atoms with Gasteiger partial charge in [0.25, 0.3) is 0 Å². The van der Waals surface area contributed by atoms with Crippen molar-refractivity contribution < 1.29 is 22.8 Å². The van der Waals surface area contributed by atoms with Crippen molar-refractivity contribution in [1.82, 2.24) is 15.1 Å². The zero-order chi connectivity index (χ0) is 18.0. The van der Waals surface area contributed by atoms with Gasteiger partial charge in [-0.3, -0.25) is 14.5 Å². The van der Waals surface area contributed by atoms with Gasteiger partial charge in [0, 0.05) is 31.6 Å². The van der Waals surface area contributed by atoms with Crippen molar-refractivity contribution in [3.05, 3.63) is 0 Å². The first kappa shape index (κ1) is 18.5. The molecule has 1 aliphatic carbocycles. The molecule has 1 saturated carbocycles. The number of likely N-dealkylation sites (tertiary alicyclic amines) is 2. The topological polar surface area (TPSA) is 52.7 Å². The lowest BCUT2D eigenvalue weighted by Gasteiger charge is -2.42. The van der Waals surface area contributed by atoms with E-state index in [1.54, 1.807) is 0 Å². The Kier molecular flexibility index (Phi) is 5.55. The van der Waals surface area contributed by atoms with Gasteiger partial charge in [-0.2, -0.15) is 13.2 Å². The van der Waals surface area contributed by atoms with Gasteiger partial charge in [-0.1, -0.05) is 0 Å². The van der Waals surface area contributed by atoms with Crippen molar-refractivity contribution in [3.63, 3.8) is 0 Å². The molecule has 2 aliphatic heterocycles. The lowest BCUT2D eigenvalue weighted by Crippen LogP contribution is -2.52. The van der Waals surface area contributed by atoms with E-state index in [1.807, 2.05) is 10.2 Å². The standard InChI is InChI=1S/C17H26F3N3O2/c18-17(19,20)11-21-15(24)13-2-1-7-23(10-13)14-5-8-22(9-6-14)16(25)12-3-4-12/h12-14H,1-11H2,(H,21,24)/t13-/m1/s1. The summed E-state index contributed by atoms with van der Waals surface area (Å²) in [6.07, 6.45) is 0.888. The van der Waals surface area contributed by atoms with E-state index in [0.717, 1.165) is 51.7 Å². The largest absolute Gasteiger partial charge is 0.405 e. The van der Waals surface area contributed by atoms with Crippen molar-refractivity contribution in [2.75, 3.05) is 32.7 Å². The van der Waals surface area contributed by atoms with Crippen molar-refractivity contribution in [2.24, 2.45) is 11.8 Å². The number of alkyl halides is 3. The molecule has 0 aromatic rings. The Hall–Kier alpha value is -1.31. The minimum Gasteiger partial charge on any atom is -0.347 e. The van der Waals surface area contributed by atoms with Gasteiger partial charge < -0.3 is 10.2 Å². The predicted octanol–water partition coefficient (Wildman–Crippen LogP) is 1.78. The zero-order valence-electron chi connectivity index (χ0n) is 14.4. The molecule has 3 fully saturated rings. The van der Waals surface area contributed by atoms with E-state index in [2.05, 4.69) is 4.90 Å². The third-order valence-corrected chi connectivity index (χ3v) is 5.51.